The summed E-state index contributed by atoms with van der Waals surface area (Å²) in [4.78, 5) is 51.5. The number of hydrogen-bond donors (Lipinski definition) is 3. The Morgan fingerprint density at radius 1 is 1.02 bits per heavy atom. The number of anilines is 3. The average Bonchev–Trinajstić information content (AvgIpc) is 4.08. The summed E-state index contributed by atoms with van der Waals surface area (Å²) in [7, 11) is 1.73. The van der Waals surface area contributed by atoms with E-state index in [0.29, 0.717) is 36.7 Å². The molecule has 306 valence electrons. The molecule has 1 aliphatic carbocycles. The van der Waals surface area contributed by atoms with E-state index in [1.807, 2.05) is 24.3 Å². The van der Waals surface area contributed by atoms with Gasteiger partial charge in [0.25, 0.3) is 12.3 Å². The van der Waals surface area contributed by atoms with Crippen LogP contribution in [-0.4, -0.2) is 119 Å². The number of fused-ring (bicyclic) bond motifs is 4. The molecule has 4 aliphatic heterocycles. The second-order valence-electron chi connectivity index (χ2n) is 16.2. The molecule has 1 saturated carbocycles. The van der Waals surface area contributed by atoms with E-state index in [0.717, 1.165) is 81.8 Å². The maximum absolute atomic E-state index is 14.3. The lowest BCUT2D eigenvalue weighted by Crippen LogP contribution is -2.51. The van der Waals surface area contributed by atoms with Gasteiger partial charge in [-0.1, -0.05) is 6.07 Å². The van der Waals surface area contributed by atoms with Crippen LogP contribution in [0, 0.1) is 0 Å². The van der Waals surface area contributed by atoms with Crippen molar-refractivity contribution in [3.63, 3.8) is 0 Å². The fraction of sp³-hybridized carbons (Fsp3) is 0.538. The maximum Gasteiger partial charge on any atom is 0.329 e. The Hall–Kier alpha value is -5.40. The average molecular weight is 801 g/mol. The van der Waals surface area contributed by atoms with Gasteiger partial charge < -0.3 is 30.3 Å². The molecule has 2 bridgehead atoms. The number of amides is 2. The first kappa shape index (κ1) is 36.9. The lowest BCUT2D eigenvalue weighted by molar-refractivity contribution is -0.130. The highest BCUT2D eigenvalue weighted by atomic mass is 19.3. The van der Waals surface area contributed by atoms with Gasteiger partial charge in [0.1, 0.15) is 23.7 Å². The van der Waals surface area contributed by atoms with Crippen LogP contribution >= 0.6 is 0 Å². The summed E-state index contributed by atoms with van der Waals surface area (Å²) in [6.45, 7) is 4.53. The van der Waals surface area contributed by atoms with Crippen molar-refractivity contribution >= 4 is 45.7 Å². The number of nitrogens with zero attached hydrogens (tertiary/aromatic N) is 10. The Morgan fingerprint density at radius 3 is 2.53 bits per heavy atom. The first-order valence-electron chi connectivity index (χ1n) is 20.2. The summed E-state index contributed by atoms with van der Waals surface area (Å²) in [5, 5.41) is 23.7. The molecule has 10 rings (SSSR count). The van der Waals surface area contributed by atoms with Crippen LogP contribution in [0.15, 0.2) is 47.7 Å². The van der Waals surface area contributed by atoms with Crippen molar-refractivity contribution in [1.29, 1.82) is 0 Å². The van der Waals surface area contributed by atoms with Crippen LogP contribution in [0.1, 0.15) is 79.5 Å². The number of imidazole rings is 1. The van der Waals surface area contributed by atoms with E-state index >= 15 is 0 Å². The summed E-state index contributed by atoms with van der Waals surface area (Å²) in [6, 6.07) is 7.47. The molecule has 4 saturated heterocycles. The number of piperazine rings is 1. The van der Waals surface area contributed by atoms with E-state index in [1.54, 1.807) is 27.1 Å². The van der Waals surface area contributed by atoms with Crippen molar-refractivity contribution in [2.45, 2.75) is 87.9 Å². The minimum atomic E-state index is -2.88. The molecular formula is C39H46F2N12O5. The van der Waals surface area contributed by atoms with Crippen LogP contribution in [-0.2, 0) is 16.6 Å². The number of piperidine rings is 1. The molecule has 8 heterocycles. The second-order valence-corrected chi connectivity index (χ2v) is 16.2. The Kier molecular flexibility index (Phi) is 9.20. The maximum atomic E-state index is 14.3. The van der Waals surface area contributed by atoms with Gasteiger partial charge in [0.05, 0.1) is 53.4 Å². The SMILES string of the molecule is Cn1c(=O)n(C2CCC(O)NC2=O)c2cccc(N3CCN([C@H]4CC[C@H](n5cc(NC(=O)c6cnn7ccc(N8C[C@H]9C[C@@H]8CO9)nc67)c(C(F)F)n5)CC4)CC3)c21. The van der Waals surface area contributed by atoms with Crippen molar-refractivity contribution in [2.24, 2.45) is 7.05 Å². The number of para-hydroxylation sites is 1. The number of aromatic nitrogens is 7. The summed E-state index contributed by atoms with van der Waals surface area (Å²) >= 11 is 0. The number of aliphatic hydroxyl groups excluding tert-OH is 1. The third-order valence-corrected chi connectivity index (χ3v) is 12.9. The Labute approximate surface area is 331 Å². The van der Waals surface area contributed by atoms with E-state index in [9.17, 15) is 28.3 Å². The normalized spacial score (nSPS) is 26.7. The quantitative estimate of drug-likeness (QED) is 0.211. The van der Waals surface area contributed by atoms with Gasteiger partial charge in [-0.2, -0.15) is 10.2 Å². The van der Waals surface area contributed by atoms with E-state index in [-0.39, 0.29) is 41.0 Å². The van der Waals surface area contributed by atoms with Crippen molar-refractivity contribution in [3.05, 3.63) is 64.6 Å². The van der Waals surface area contributed by atoms with E-state index in [4.69, 9.17) is 9.72 Å². The monoisotopic (exact) mass is 800 g/mol. The lowest BCUT2D eigenvalue weighted by Gasteiger charge is -2.42. The molecule has 5 fully saturated rings. The number of ether oxygens (including phenoxy) is 1. The number of nitrogens with one attached hydrogen (secondary N) is 2. The number of rotatable bonds is 8. The number of carbonyl (C=O) groups excluding carboxylic acids is 2. The second kappa shape index (κ2) is 14.5. The molecule has 5 aromatic rings. The fourth-order valence-corrected chi connectivity index (χ4v) is 9.92. The van der Waals surface area contributed by atoms with Crippen molar-refractivity contribution in [2.75, 3.05) is 54.4 Å². The zero-order valence-corrected chi connectivity index (χ0v) is 32.1. The minimum absolute atomic E-state index is 0.0218. The topological polar surface area (TPSA) is 172 Å². The first-order chi connectivity index (χ1) is 28.1. The highest BCUT2D eigenvalue weighted by Crippen LogP contribution is 2.37. The highest BCUT2D eigenvalue weighted by Gasteiger charge is 2.40. The molecular weight excluding hydrogens is 755 g/mol. The van der Waals surface area contributed by atoms with E-state index in [2.05, 4.69) is 35.5 Å². The largest absolute Gasteiger partial charge is 0.374 e. The molecule has 0 spiro atoms. The van der Waals surface area contributed by atoms with Crippen LogP contribution in [0.25, 0.3) is 16.7 Å². The zero-order chi connectivity index (χ0) is 39.8. The van der Waals surface area contributed by atoms with E-state index < -0.39 is 30.3 Å². The zero-order valence-electron chi connectivity index (χ0n) is 32.1. The number of hydrogen-bond acceptors (Lipinski definition) is 11. The molecule has 4 atom stereocenters. The number of morpholine rings is 1. The predicted octanol–water partition coefficient (Wildman–Crippen LogP) is 2.82. The number of carbonyl (C=O) groups is 2. The smallest absolute Gasteiger partial charge is 0.329 e. The van der Waals surface area contributed by atoms with Gasteiger partial charge in [-0.15, -0.1) is 0 Å². The Balaban J connectivity index is 0.784. The van der Waals surface area contributed by atoms with Crippen LogP contribution in [0.3, 0.4) is 0 Å². The van der Waals surface area contributed by atoms with Gasteiger partial charge in [-0.3, -0.25) is 28.3 Å². The van der Waals surface area contributed by atoms with Crippen LogP contribution in [0.2, 0.25) is 0 Å². The molecule has 2 unspecified atom stereocenters. The van der Waals surface area contributed by atoms with Crippen molar-refractivity contribution in [1.82, 2.24) is 43.7 Å². The Morgan fingerprint density at radius 2 is 1.81 bits per heavy atom. The summed E-state index contributed by atoms with van der Waals surface area (Å²) < 4.78 is 40.7. The van der Waals surface area contributed by atoms with Crippen LogP contribution in [0.4, 0.5) is 26.0 Å². The first-order valence-corrected chi connectivity index (χ1v) is 20.2. The lowest BCUT2D eigenvalue weighted by atomic mass is 9.90. The third kappa shape index (κ3) is 6.30. The minimum Gasteiger partial charge on any atom is -0.374 e. The van der Waals surface area contributed by atoms with Crippen LogP contribution in [0.5, 0.6) is 0 Å². The van der Waals surface area contributed by atoms with Gasteiger partial charge in [-0.05, 0) is 63.1 Å². The Bertz CT molecular complexity index is 2450. The molecule has 17 nitrogen and oxygen atoms in total. The predicted molar refractivity (Wildman–Crippen MR) is 208 cm³/mol. The summed E-state index contributed by atoms with van der Waals surface area (Å²) in [6.07, 6.45) is 6.04. The molecule has 19 heteroatoms. The van der Waals surface area contributed by atoms with Crippen LogP contribution < -0.4 is 26.1 Å². The van der Waals surface area contributed by atoms with Crippen molar-refractivity contribution < 1.29 is 28.2 Å². The fourth-order valence-electron chi connectivity index (χ4n) is 9.92. The van der Waals surface area contributed by atoms with Gasteiger partial charge >= 0.3 is 5.69 Å². The van der Waals surface area contributed by atoms with E-state index in [1.165, 1.54) is 16.9 Å². The molecule has 5 aliphatic rings. The van der Waals surface area contributed by atoms with Gasteiger partial charge in [0, 0.05) is 58.2 Å². The molecule has 3 N–H and O–H groups in total. The number of halogens is 2. The van der Waals surface area contributed by atoms with Gasteiger partial charge in [0.2, 0.25) is 5.91 Å². The number of aliphatic hydroxyl groups is 1. The molecule has 1 aromatic carbocycles. The molecule has 58 heavy (non-hydrogen) atoms. The molecule has 0 radical (unpaired) electrons. The standard InChI is InChI=1S/C39H46F2N12O5/c1-47-34-28(3-2-4-29(34)53(39(47)57)30-9-10-32(54)45-38(30)56)49-15-13-48(14-16-49)22-5-7-23(8-6-22)52-20-27(33(46-52)35(40)41)43-37(55)26-18-42-51-12-11-31(44-36(26)51)50-19-25-17-24(50)21-58-25/h2-4,11-12,18,20,22-25,30,32,35,54H,5-10,13-17,19,21H2,1H3,(H,43,55)(H,45,56)/t22-,23-,24-,25-,30?,32?/m1/s1. The highest BCUT2D eigenvalue weighted by molar-refractivity contribution is 6.08. The molecule has 4 aromatic heterocycles. The van der Waals surface area contributed by atoms with Gasteiger partial charge in [-0.25, -0.2) is 23.1 Å². The number of aryl methyl sites for hydroxylation is 1. The number of benzene rings is 1. The summed E-state index contributed by atoms with van der Waals surface area (Å²) in [5.74, 6) is -0.213. The molecule has 2 amide bonds. The van der Waals surface area contributed by atoms with Gasteiger partial charge in [0.15, 0.2) is 11.3 Å². The number of alkyl halides is 2. The van der Waals surface area contributed by atoms with Crippen molar-refractivity contribution in [3.8, 4) is 0 Å². The summed E-state index contributed by atoms with van der Waals surface area (Å²) in [5.41, 5.74) is 2.20. The third-order valence-electron chi connectivity index (χ3n) is 12.9.